The Labute approximate surface area is 111 Å². The van der Waals surface area contributed by atoms with Gasteiger partial charge in [-0.3, -0.25) is 4.79 Å². The van der Waals surface area contributed by atoms with Crippen LogP contribution < -0.4 is 0 Å². The van der Waals surface area contributed by atoms with Crippen LogP contribution in [0, 0.1) is 0 Å². The second-order valence-electron chi connectivity index (χ2n) is 4.22. The van der Waals surface area contributed by atoms with Gasteiger partial charge in [0, 0.05) is 14.2 Å². The predicted octanol–water partition coefficient (Wildman–Crippen LogP) is 1.20. The molecule has 1 heterocycles. The van der Waals surface area contributed by atoms with E-state index in [1.54, 1.807) is 12.1 Å². The number of benzene rings is 1. The summed E-state index contributed by atoms with van der Waals surface area (Å²) < 4.78 is 9.83. The van der Waals surface area contributed by atoms with Crippen LogP contribution in [0.2, 0.25) is 0 Å². The lowest BCUT2D eigenvalue weighted by molar-refractivity contribution is -0.159. The summed E-state index contributed by atoms with van der Waals surface area (Å²) in [5.74, 6) is -0.448. The van der Waals surface area contributed by atoms with E-state index in [1.807, 2.05) is 30.3 Å². The third kappa shape index (κ3) is 2.74. The van der Waals surface area contributed by atoms with Crippen LogP contribution in [0.4, 0.5) is 4.79 Å². The molecule has 1 aromatic rings. The van der Waals surface area contributed by atoms with E-state index in [0.29, 0.717) is 0 Å². The zero-order chi connectivity index (χ0) is 13.8. The van der Waals surface area contributed by atoms with Crippen LogP contribution in [0.25, 0.3) is 0 Å². The molecular formula is C13H16N2O4. The number of carbonyl (C=O) groups excluding carboxylic acids is 2. The van der Waals surface area contributed by atoms with Crippen molar-refractivity contribution in [2.45, 2.75) is 6.04 Å². The molecule has 0 spiro atoms. The Bertz CT molecular complexity index is 463. The number of imide groups is 1. The molecule has 1 aliphatic rings. The average molecular weight is 264 g/mol. The van der Waals surface area contributed by atoms with Crippen LogP contribution in [0.1, 0.15) is 11.6 Å². The molecule has 0 aliphatic carbocycles. The van der Waals surface area contributed by atoms with Crippen LogP contribution in [-0.2, 0) is 14.3 Å². The zero-order valence-corrected chi connectivity index (χ0v) is 10.9. The van der Waals surface area contributed by atoms with Crippen molar-refractivity contribution in [3.63, 3.8) is 0 Å². The Morgan fingerprint density at radius 3 is 2.74 bits per heavy atom. The number of ether oxygens (including phenoxy) is 2. The zero-order valence-electron chi connectivity index (χ0n) is 10.9. The molecule has 102 valence electrons. The van der Waals surface area contributed by atoms with E-state index in [2.05, 4.69) is 0 Å². The number of rotatable bonds is 3. The Balaban J connectivity index is 2.21. The second-order valence-corrected chi connectivity index (χ2v) is 4.22. The van der Waals surface area contributed by atoms with Crippen LogP contribution in [0.15, 0.2) is 30.3 Å². The molecule has 2 amide bonds. The fourth-order valence-corrected chi connectivity index (χ4v) is 2.04. The Kier molecular flexibility index (Phi) is 4.13. The standard InChI is InChI=1S/C13H16N2O4/c1-14-11(10-6-4-3-5-7-10)8-19-13(17)15(14)12(16)9-18-2/h3-7,11H,8-9H2,1-2H3/t11-/m0/s1. The molecule has 1 atom stereocenters. The first kappa shape index (κ1) is 13.5. The lowest BCUT2D eigenvalue weighted by Gasteiger charge is -2.39. The molecule has 1 aromatic carbocycles. The largest absolute Gasteiger partial charge is 0.446 e. The van der Waals surface area contributed by atoms with Crippen molar-refractivity contribution in [2.75, 3.05) is 27.4 Å². The molecule has 1 saturated heterocycles. The van der Waals surface area contributed by atoms with E-state index in [0.717, 1.165) is 10.6 Å². The average Bonchev–Trinajstić information content (AvgIpc) is 2.40. The number of likely N-dealkylation sites (N-methyl/N-ethyl adjacent to an activating group) is 1. The molecular weight excluding hydrogens is 248 g/mol. The van der Waals surface area contributed by atoms with Gasteiger partial charge in [0.05, 0.1) is 6.04 Å². The second kappa shape index (κ2) is 5.81. The summed E-state index contributed by atoms with van der Waals surface area (Å²) in [4.78, 5) is 23.5. The molecule has 19 heavy (non-hydrogen) atoms. The highest BCUT2D eigenvalue weighted by Gasteiger charge is 2.37. The first-order valence-electron chi connectivity index (χ1n) is 5.91. The Morgan fingerprint density at radius 1 is 1.42 bits per heavy atom. The normalized spacial score (nSPS) is 20.2. The number of hydrogen-bond acceptors (Lipinski definition) is 5. The van der Waals surface area contributed by atoms with Crippen LogP contribution in [0.5, 0.6) is 0 Å². The molecule has 0 radical (unpaired) electrons. The Hall–Kier alpha value is -1.92. The molecule has 0 N–H and O–H groups in total. The van der Waals surface area contributed by atoms with Crippen LogP contribution >= 0.6 is 0 Å². The minimum absolute atomic E-state index is 0.166. The number of hydrogen-bond donors (Lipinski definition) is 0. The summed E-state index contributed by atoms with van der Waals surface area (Å²) in [6.45, 7) is 0.0526. The number of carbonyl (C=O) groups is 2. The molecule has 1 aliphatic heterocycles. The van der Waals surface area contributed by atoms with Gasteiger partial charge in [-0.15, -0.1) is 0 Å². The molecule has 6 heteroatoms. The van der Waals surface area contributed by atoms with E-state index < -0.39 is 12.0 Å². The summed E-state index contributed by atoms with van der Waals surface area (Å²) >= 11 is 0. The van der Waals surface area contributed by atoms with Gasteiger partial charge in [-0.25, -0.2) is 9.80 Å². The van der Waals surface area contributed by atoms with Crippen molar-refractivity contribution in [1.82, 2.24) is 10.0 Å². The Morgan fingerprint density at radius 2 is 2.11 bits per heavy atom. The van der Waals surface area contributed by atoms with Gasteiger partial charge < -0.3 is 9.47 Å². The van der Waals surface area contributed by atoms with Gasteiger partial charge in [0.15, 0.2) is 0 Å². The van der Waals surface area contributed by atoms with Crippen LogP contribution in [-0.4, -0.2) is 49.4 Å². The maximum absolute atomic E-state index is 11.9. The SMILES string of the molecule is COCC(=O)N1C(=O)OC[C@@H](c2ccccc2)N1C. The number of nitrogens with zero attached hydrogens (tertiary/aromatic N) is 2. The first-order valence-corrected chi connectivity index (χ1v) is 5.91. The molecule has 0 unspecified atom stereocenters. The van der Waals surface area contributed by atoms with Crippen molar-refractivity contribution in [3.8, 4) is 0 Å². The lowest BCUT2D eigenvalue weighted by Crippen LogP contribution is -2.55. The van der Waals surface area contributed by atoms with Gasteiger partial charge in [0.2, 0.25) is 0 Å². The number of hydrazine groups is 1. The number of cyclic esters (lactones) is 1. The number of amides is 2. The van der Waals surface area contributed by atoms with Crippen molar-refractivity contribution >= 4 is 12.0 Å². The fraction of sp³-hybridized carbons (Fsp3) is 0.385. The predicted molar refractivity (Wildman–Crippen MR) is 67.0 cm³/mol. The highest BCUT2D eigenvalue weighted by Crippen LogP contribution is 2.25. The van der Waals surface area contributed by atoms with E-state index in [1.165, 1.54) is 7.11 Å². The smallest absolute Gasteiger partial charge is 0.431 e. The lowest BCUT2D eigenvalue weighted by atomic mass is 10.1. The maximum atomic E-state index is 11.9. The molecule has 0 bridgehead atoms. The van der Waals surface area contributed by atoms with E-state index in [4.69, 9.17) is 9.47 Å². The van der Waals surface area contributed by atoms with Crippen molar-refractivity contribution < 1.29 is 19.1 Å². The fourth-order valence-electron chi connectivity index (χ4n) is 2.04. The van der Waals surface area contributed by atoms with Gasteiger partial charge in [-0.2, -0.15) is 5.01 Å². The first-order chi connectivity index (χ1) is 9.15. The van der Waals surface area contributed by atoms with Gasteiger partial charge in [-0.05, 0) is 5.56 Å². The minimum atomic E-state index is -0.670. The van der Waals surface area contributed by atoms with Crippen molar-refractivity contribution in [3.05, 3.63) is 35.9 Å². The van der Waals surface area contributed by atoms with Crippen molar-refractivity contribution in [1.29, 1.82) is 0 Å². The van der Waals surface area contributed by atoms with Gasteiger partial charge in [0.1, 0.15) is 13.2 Å². The van der Waals surface area contributed by atoms with Gasteiger partial charge in [-0.1, -0.05) is 30.3 Å². The monoisotopic (exact) mass is 264 g/mol. The summed E-state index contributed by atoms with van der Waals surface area (Å²) in [5.41, 5.74) is 0.979. The topological polar surface area (TPSA) is 59.1 Å². The molecule has 6 nitrogen and oxygen atoms in total. The molecule has 2 rings (SSSR count). The summed E-state index contributed by atoms with van der Waals surface area (Å²) in [6, 6.07) is 9.40. The maximum Gasteiger partial charge on any atom is 0.431 e. The highest BCUT2D eigenvalue weighted by atomic mass is 16.6. The van der Waals surface area contributed by atoms with Gasteiger partial charge >= 0.3 is 6.09 Å². The summed E-state index contributed by atoms with van der Waals surface area (Å²) in [7, 11) is 3.09. The van der Waals surface area contributed by atoms with E-state index in [9.17, 15) is 9.59 Å². The molecule has 1 fully saturated rings. The molecule has 0 aromatic heterocycles. The summed E-state index contributed by atoms with van der Waals surface area (Å²) in [6.07, 6.45) is -0.670. The quantitative estimate of drug-likeness (QED) is 0.821. The summed E-state index contributed by atoms with van der Waals surface area (Å²) in [5, 5.41) is 2.56. The van der Waals surface area contributed by atoms with E-state index in [-0.39, 0.29) is 19.3 Å². The minimum Gasteiger partial charge on any atom is -0.446 e. The van der Waals surface area contributed by atoms with E-state index >= 15 is 0 Å². The number of methoxy groups -OCH3 is 1. The third-order valence-electron chi connectivity index (χ3n) is 2.99. The van der Waals surface area contributed by atoms with Crippen molar-refractivity contribution in [2.24, 2.45) is 0 Å². The molecule has 0 saturated carbocycles. The van der Waals surface area contributed by atoms with Gasteiger partial charge in [0.25, 0.3) is 5.91 Å². The third-order valence-corrected chi connectivity index (χ3v) is 2.99. The van der Waals surface area contributed by atoms with Crippen LogP contribution in [0.3, 0.4) is 0 Å². The highest BCUT2D eigenvalue weighted by molar-refractivity contribution is 5.92.